The van der Waals surface area contributed by atoms with E-state index < -0.39 is 0 Å². The van der Waals surface area contributed by atoms with Crippen LogP contribution in [0.1, 0.15) is 28.8 Å². The number of anilines is 1. The summed E-state index contributed by atoms with van der Waals surface area (Å²) in [7, 11) is 0. The van der Waals surface area contributed by atoms with E-state index in [1.54, 1.807) is 18.3 Å². The summed E-state index contributed by atoms with van der Waals surface area (Å²) in [5.41, 5.74) is 1.24. The van der Waals surface area contributed by atoms with Crippen LogP contribution in [0.3, 0.4) is 0 Å². The summed E-state index contributed by atoms with van der Waals surface area (Å²) in [6.07, 6.45) is 3.16. The van der Waals surface area contributed by atoms with Crippen molar-refractivity contribution in [1.82, 2.24) is 4.98 Å². The van der Waals surface area contributed by atoms with Gasteiger partial charge >= 0.3 is 0 Å². The number of hydrogen-bond donors (Lipinski definition) is 0. The maximum atomic E-state index is 12.8. The molecule has 0 unspecified atom stereocenters. The first-order valence-electron chi connectivity index (χ1n) is 8.79. The SMILES string of the molecule is N#Cc1ccc(N2CCC(C(=O)c3ccc4c(c3)OCCO4)CC2)nc1. The molecule has 6 nitrogen and oxygen atoms in total. The first kappa shape index (κ1) is 16.4. The molecule has 0 N–H and O–H groups in total. The molecule has 0 aliphatic carbocycles. The number of pyridine rings is 1. The second-order valence-corrected chi connectivity index (χ2v) is 6.50. The fourth-order valence-corrected chi connectivity index (χ4v) is 3.44. The fourth-order valence-electron chi connectivity index (χ4n) is 3.44. The molecule has 1 aromatic heterocycles. The molecule has 6 heteroatoms. The zero-order valence-corrected chi connectivity index (χ0v) is 14.4. The number of nitriles is 1. The van der Waals surface area contributed by atoms with Gasteiger partial charge in [0.2, 0.25) is 0 Å². The fraction of sp³-hybridized carbons (Fsp3) is 0.350. The Bertz CT molecular complexity index is 850. The molecule has 0 bridgehead atoms. The summed E-state index contributed by atoms with van der Waals surface area (Å²) in [6, 6.07) is 11.1. The maximum Gasteiger partial charge on any atom is 0.166 e. The van der Waals surface area contributed by atoms with Crippen LogP contribution in [0.2, 0.25) is 0 Å². The van der Waals surface area contributed by atoms with E-state index in [9.17, 15) is 4.79 Å². The molecule has 132 valence electrons. The van der Waals surface area contributed by atoms with Crippen molar-refractivity contribution in [3.8, 4) is 17.6 Å². The molecule has 0 amide bonds. The van der Waals surface area contributed by atoms with E-state index in [4.69, 9.17) is 14.7 Å². The third-order valence-corrected chi connectivity index (χ3v) is 4.89. The molecular weight excluding hydrogens is 330 g/mol. The number of nitrogens with zero attached hydrogens (tertiary/aromatic N) is 3. The molecule has 1 fully saturated rings. The number of aromatic nitrogens is 1. The Morgan fingerprint density at radius 3 is 2.58 bits per heavy atom. The number of carbonyl (C=O) groups is 1. The van der Waals surface area contributed by atoms with Gasteiger partial charge in [0.05, 0.1) is 5.56 Å². The number of ether oxygens (including phenoxy) is 2. The molecule has 0 spiro atoms. The number of hydrogen-bond acceptors (Lipinski definition) is 6. The lowest BCUT2D eigenvalue weighted by molar-refractivity contribution is 0.0899. The summed E-state index contributed by atoms with van der Waals surface area (Å²) < 4.78 is 11.1. The average molecular weight is 349 g/mol. The van der Waals surface area contributed by atoms with Crippen molar-refractivity contribution in [3.63, 3.8) is 0 Å². The highest BCUT2D eigenvalue weighted by atomic mass is 16.6. The Labute approximate surface area is 152 Å². The molecule has 3 heterocycles. The summed E-state index contributed by atoms with van der Waals surface area (Å²) in [4.78, 5) is 19.3. The third-order valence-electron chi connectivity index (χ3n) is 4.89. The Morgan fingerprint density at radius 2 is 1.88 bits per heavy atom. The van der Waals surface area contributed by atoms with E-state index in [1.807, 2.05) is 18.2 Å². The molecule has 26 heavy (non-hydrogen) atoms. The number of Topliss-reactive ketones (excluding diaryl/α,β-unsaturated/α-hetero) is 1. The van der Waals surface area contributed by atoms with E-state index in [0.717, 1.165) is 31.7 Å². The van der Waals surface area contributed by atoms with Crippen molar-refractivity contribution in [1.29, 1.82) is 5.26 Å². The first-order chi connectivity index (χ1) is 12.7. The van der Waals surface area contributed by atoms with Gasteiger partial charge in [0, 0.05) is 30.8 Å². The van der Waals surface area contributed by atoms with Gasteiger partial charge in [0.15, 0.2) is 17.3 Å². The van der Waals surface area contributed by atoms with E-state index in [-0.39, 0.29) is 11.7 Å². The lowest BCUT2D eigenvalue weighted by Gasteiger charge is -2.32. The van der Waals surface area contributed by atoms with Crippen LogP contribution in [0, 0.1) is 17.2 Å². The molecule has 2 aromatic rings. The standard InChI is InChI=1S/C20H19N3O3/c21-12-14-1-4-19(22-13-14)23-7-5-15(6-8-23)20(24)16-2-3-17-18(11-16)26-10-9-25-17/h1-4,11,13,15H,5-10H2. The Kier molecular flexibility index (Phi) is 4.44. The van der Waals surface area contributed by atoms with Gasteiger partial charge < -0.3 is 14.4 Å². The minimum Gasteiger partial charge on any atom is -0.486 e. The first-order valence-corrected chi connectivity index (χ1v) is 8.79. The highest BCUT2D eigenvalue weighted by Crippen LogP contribution is 2.33. The smallest absolute Gasteiger partial charge is 0.166 e. The molecule has 0 atom stereocenters. The Morgan fingerprint density at radius 1 is 1.12 bits per heavy atom. The van der Waals surface area contributed by atoms with Crippen molar-refractivity contribution < 1.29 is 14.3 Å². The maximum absolute atomic E-state index is 12.8. The predicted octanol–water partition coefficient (Wildman–Crippen LogP) is 2.82. The van der Waals surface area contributed by atoms with Gasteiger partial charge in [-0.1, -0.05) is 0 Å². The van der Waals surface area contributed by atoms with Gasteiger partial charge in [0.25, 0.3) is 0 Å². The lowest BCUT2D eigenvalue weighted by atomic mass is 9.88. The van der Waals surface area contributed by atoms with Crippen LogP contribution in [0.25, 0.3) is 0 Å². The predicted molar refractivity (Wildman–Crippen MR) is 95.7 cm³/mol. The van der Waals surface area contributed by atoms with Crippen LogP contribution in [-0.2, 0) is 0 Å². The van der Waals surface area contributed by atoms with Crippen LogP contribution < -0.4 is 14.4 Å². The molecular formula is C20H19N3O3. The van der Waals surface area contributed by atoms with Crippen LogP contribution >= 0.6 is 0 Å². The summed E-state index contributed by atoms with van der Waals surface area (Å²) in [6.45, 7) is 2.61. The van der Waals surface area contributed by atoms with Crippen molar-refractivity contribution in [2.45, 2.75) is 12.8 Å². The second-order valence-electron chi connectivity index (χ2n) is 6.50. The summed E-state index contributed by atoms with van der Waals surface area (Å²) >= 11 is 0. The molecule has 4 rings (SSSR count). The summed E-state index contributed by atoms with van der Waals surface area (Å²) in [5.74, 6) is 2.38. The normalized spacial score (nSPS) is 16.8. The van der Waals surface area contributed by atoms with Crippen LogP contribution in [0.5, 0.6) is 11.5 Å². The number of ketones is 1. The van der Waals surface area contributed by atoms with Crippen LogP contribution in [0.4, 0.5) is 5.82 Å². The van der Waals surface area contributed by atoms with E-state index in [0.29, 0.717) is 35.8 Å². The van der Waals surface area contributed by atoms with Crippen molar-refractivity contribution >= 4 is 11.6 Å². The molecule has 1 saturated heterocycles. The second kappa shape index (κ2) is 7.04. The van der Waals surface area contributed by atoms with Gasteiger partial charge in [-0.05, 0) is 43.2 Å². The van der Waals surface area contributed by atoms with Crippen LogP contribution in [-0.4, -0.2) is 37.1 Å². The Balaban J connectivity index is 1.41. The van der Waals surface area contributed by atoms with Gasteiger partial charge in [-0.15, -0.1) is 0 Å². The number of rotatable bonds is 3. The average Bonchev–Trinajstić information content (AvgIpc) is 2.73. The van der Waals surface area contributed by atoms with E-state index >= 15 is 0 Å². The van der Waals surface area contributed by atoms with Gasteiger partial charge in [0.1, 0.15) is 25.1 Å². The van der Waals surface area contributed by atoms with Gasteiger partial charge in [-0.3, -0.25) is 4.79 Å². The minimum absolute atomic E-state index is 0.00666. The molecule has 2 aliphatic rings. The van der Waals surface area contributed by atoms with Crippen LogP contribution in [0.15, 0.2) is 36.5 Å². The van der Waals surface area contributed by atoms with Gasteiger partial charge in [-0.25, -0.2) is 4.98 Å². The largest absolute Gasteiger partial charge is 0.486 e. The van der Waals surface area contributed by atoms with Crippen molar-refractivity contribution in [2.75, 3.05) is 31.2 Å². The highest BCUT2D eigenvalue weighted by molar-refractivity contribution is 5.98. The topological polar surface area (TPSA) is 75.5 Å². The number of piperidine rings is 1. The minimum atomic E-state index is 0.00666. The lowest BCUT2D eigenvalue weighted by Crippen LogP contribution is -2.36. The molecule has 0 saturated carbocycles. The van der Waals surface area contributed by atoms with Gasteiger partial charge in [-0.2, -0.15) is 5.26 Å². The molecule has 0 radical (unpaired) electrons. The van der Waals surface area contributed by atoms with E-state index in [1.165, 1.54) is 0 Å². The Hall–Kier alpha value is -3.07. The number of fused-ring (bicyclic) bond motifs is 1. The van der Waals surface area contributed by atoms with E-state index in [2.05, 4.69) is 16.0 Å². The zero-order valence-electron chi connectivity index (χ0n) is 14.4. The highest BCUT2D eigenvalue weighted by Gasteiger charge is 2.27. The number of benzene rings is 1. The number of carbonyl (C=O) groups excluding carboxylic acids is 1. The quantitative estimate of drug-likeness (QED) is 0.793. The molecule has 1 aromatic carbocycles. The monoisotopic (exact) mass is 349 g/mol. The zero-order chi connectivity index (χ0) is 17.9. The molecule has 2 aliphatic heterocycles. The van der Waals surface area contributed by atoms with Crippen molar-refractivity contribution in [2.24, 2.45) is 5.92 Å². The third kappa shape index (κ3) is 3.21. The summed E-state index contributed by atoms with van der Waals surface area (Å²) in [5, 5.41) is 8.86. The van der Waals surface area contributed by atoms with Crippen molar-refractivity contribution in [3.05, 3.63) is 47.7 Å².